The molecule has 0 radical (unpaired) electrons. The van der Waals surface area contributed by atoms with Crippen LogP contribution in [0.5, 0.6) is 0 Å². The van der Waals surface area contributed by atoms with Gasteiger partial charge in [-0.25, -0.2) is 36.5 Å². The van der Waals surface area contributed by atoms with Crippen molar-refractivity contribution in [1.82, 2.24) is 24.4 Å². The first kappa shape index (κ1) is 29.5. The first-order valence-electron chi connectivity index (χ1n) is 13.1. The van der Waals surface area contributed by atoms with Crippen molar-refractivity contribution in [3.8, 4) is 23.0 Å². The summed E-state index contributed by atoms with van der Waals surface area (Å²) < 4.78 is 57.0. The van der Waals surface area contributed by atoms with Gasteiger partial charge in [0.25, 0.3) is 0 Å². The number of anilines is 1. The Morgan fingerprint density at radius 2 is 1.93 bits per heavy atom. The summed E-state index contributed by atoms with van der Waals surface area (Å²) in [6, 6.07) is 9.43. The van der Waals surface area contributed by atoms with E-state index in [4.69, 9.17) is 0 Å². The molecule has 11 nitrogen and oxygen atoms in total. The summed E-state index contributed by atoms with van der Waals surface area (Å²) in [5.41, 5.74) is -1.47. The minimum atomic E-state index is -3.97. The maximum Gasteiger partial charge on any atom is 0.355 e. The summed E-state index contributed by atoms with van der Waals surface area (Å²) in [6.45, 7) is 5.49. The van der Waals surface area contributed by atoms with Crippen LogP contribution in [-0.2, 0) is 14.6 Å². The average molecular weight is 606 g/mol. The van der Waals surface area contributed by atoms with E-state index >= 15 is 4.39 Å². The molecule has 43 heavy (non-hydrogen) atoms. The molecule has 5 rings (SSSR count). The zero-order valence-electron chi connectivity index (χ0n) is 23.2. The van der Waals surface area contributed by atoms with Crippen molar-refractivity contribution in [3.05, 3.63) is 82.9 Å². The van der Waals surface area contributed by atoms with E-state index in [2.05, 4.69) is 27.6 Å². The van der Waals surface area contributed by atoms with E-state index in [1.54, 1.807) is 11.8 Å². The number of pyridine rings is 2. The number of hydrogen-bond donors (Lipinski definition) is 0. The highest BCUT2D eigenvalue weighted by molar-refractivity contribution is 7.90. The lowest BCUT2D eigenvalue weighted by Gasteiger charge is -2.41. The fourth-order valence-corrected chi connectivity index (χ4v) is 6.05. The smallest absolute Gasteiger partial charge is 0.352 e. The van der Waals surface area contributed by atoms with Crippen molar-refractivity contribution in [2.75, 3.05) is 30.8 Å². The SMILES string of the molecule is C=CC(=O)N1CCN(c2nc(=O)n(-c3c(C)ccnc3S(C)(=O)=O)c3nc(-c4ccccc4F)c(F)cc23)CC1CC#N. The van der Waals surface area contributed by atoms with Crippen LogP contribution in [0.2, 0.25) is 0 Å². The van der Waals surface area contributed by atoms with E-state index in [1.165, 1.54) is 35.4 Å². The number of halogens is 2. The fourth-order valence-electron chi connectivity index (χ4n) is 5.19. The van der Waals surface area contributed by atoms with Gasteiger partial charge in [0.1, 0.15) is 23.1 Å². The minimum Gasteiger partial charge on any atom is -0.352 e. The Labute approximate surface area is 245 Å². The first-order chi connectivity index (χ1) is 20.5. The van der Waals surface area contributed by atoms with Gasteiger partial charge in [-0.2, -0.15) is 10.2 Å². The molecular formula is C29H25F2N7O4S. The number of sulfone groups is 1. The number of amides is 1. The Hall–Kier alpha value is -5.03. The van der Waals surface area contributed by atoms with Gasteiger partial charge in [0, 0.05) is 37.7 Å². The molecule has 0 spiro atoms. The van der Waals surface area contributed by atoms with Gasteiger partial charge in [-0.05, 0) is 42.8 Å². The molecule has 1 fully saturated rings. The van der Waals surface area contributed by atoms with Crippen molar-refractivity contribution in [3.63, 3.8) is 0 Å². The van der Waals surface area contributed by atoms with Crippen LogP contribution in [0.15, 0.2) is 65.1 Å². The van der Waals surface area contributed by atoms with Crippen LogP contribution in [0.1, 0.15) is 12.0 Å². The molecule has 1 aliphatic rings. The molecule has 1 atom stereocenters. The van der Waals surface area contributed by atoms with Gasteiger partial charge in [0.15, 0.2) is 20.5 Å². The maximum atomic E-state index is 15.7. The third-order valence-electron chi connectivity index (χ3n) is 7.16. The summed E-state index contributed by atoms with van der Waals surface area (Å²) in [5.74, 6) is -2.02. The van der Waals surface area contributed by atoms with E-state index in [-0.39, 0.29) is 60.1 Å². The van der Waals surface area contributed by atoms with Crippen molar-refractivity contribution in [2.24, 2.45) is 0 Å². The summed E-state index contributed by atoms with van der Waals surface area (Å²) in [5, 5.41) is 9.00. The zero-order valence-corrected chi connectivity index (χ0v) is 24.0. The average Bonchev–Trinajstić information content (AvgIpc) is 2.97. The second-order valence-electron chi connectivity index (χ2n) is 9.97. The third kappa shape index (κ3) is 5.35. The van der Waals surface area contributed by atoms with Crippen molar-refractivity contribution >= 4 is 32.6 Å². The van der Waals surface area contributed by atoms with Crippen LogP contribution >= 0.6 is 0 Å². The Balaban J connectivity index is 1.83. The van der Waals surface area contributed by atoms with Gasteiger partial charge in [0.2, 0.25) is 5.91 Å². The predicted octanol–water partition coefficient (Wildman–Crippen LogP) is 2.95. The third-order valence-corrected chi connectivity index (χ3v) is 8.17. The summed E-state index contributed by atoms with van der Waals surface area (Å²) in [7, 11) is -3.97. The highest BCUT2D eigenvalue weighted by atomic mass is 32.2. The quantitative estimate of drug-likeness (QED) is 0.303. The van der Waals surface area contributed by atoms with Crippen LogP contribution in [0, 0.1) is 29.9 Å². The summed E-state index contributed by atoms with van der Waals surface area (Å²) >= 11 is 0. The molecule has 0 aliphatic carbocycles. The highest BCUT2D eigenvalue weighted by Gasteiger charge is 2.32. The zero-order chi connectivity index (χ0) is 31.1. The lowest BCUT2D eigenvalue weighted by molar-refractivity contribution is -0.128. The van der Waals surface area contributed by atoms with Crippen LogP contribution in [0.3, 0.4) is 0 Å². The lowest BCUT2D eigenvalue weighted by Crippen LogP contribution is -2.55. The molecule has 3 aromatic heterocycles. The van der Waals surface area contributed by atoms with E-state index in [0.29, 0.717) is 5.56 Å². The standard InChI is InChI=1S/C29H25F2N7O4S/c1-4-23(39)37-14-13-36(16-18(37)9-11-32)26-20-15-22(31)24(19-7-5-6-8-21(19)30)34-27(20)38(29(40)35-26)25-17(2)10-12-33-28(25)43(3,41)42/h4-8,10,12,15,18H,1,9,13-14,16H2,2-3H3. The summed E-state index contributed by atoms with van der Waals surface area (Å²) in [6.07, 6.45) is 3.34. The molecule has 1 amide bonds. The molecule has 0 N–H and O–H groups in total. The molecule has 0 saturated carbocycles. The van der Waals surface area contributed by atoms with Crippen molar-refractivity contribution in [2.45, 2.75) is 24.4 Å². The van der Waals surface area contributed by atoms with Gasteiger partial charge >= 0.3 is 5.69 Å². The van der Waals surface area contributed by atoms with Gasteiger partial charge < -0.3 is 9.80 Å². The number of nitriles is 1. The summed E-state index contributed by atoms with van der Waals surface area (Å²) in [4.78, 5) is 42.0. The largest absolute Gasteiger partial charge is 0.355 e. The monoisotopic (exact) mass is 605 g/mol. The van der Waals surface area contributed by atoms with E-state index < -0.39 is 43.9 Å². The van der Waals surface area contributed by atoms with Crippen LogP contribution in [-0.4, -0.2) is 70.7 Å². The van der Waals surface area contributed by atoms with Gasteiger partial charge in [-0.3, -0.25) is 4.79 Å². The maximum absolute atomic E-state index is 15.7. The Morgan fingerprint density at radius 3 is 2.60 bits per heavy atom. The topological polar surface area (TPSA) is 142 Å². The van der Waals surface area contributed by atoms with Gasteiger partial charge in [-0.1, -0.05) is 18.7 Å². The van der Waals surface area contributed by atoms with E-state index in [9.17, 15) is 27.7 Å². The van der Waals surface area contributed by atoms with Crippen LogP contribution < -0.4 is 10.6 Å². The first-order valence-corrected chi connectivity index (χ1v) is 14.9. The van der Waals surface area contributed by atoms with Gasteiger partial charge in [0.05, 0.1) is 29.6 Å². The molecule has 4 heterocycles. The van der Waals surface area contributed by atoms with Gasteiger partial charge in [-0.15, -0.1) is 0 Å². The number of piperazine rings is 1. The second kappa shape index (κ2) is 11.3. The van der Waals surface area contributed by atoms with Crippen molar-refractivity contribution in [1.29, 1.82) is 5.26 Å². The highest BCUT2D eigenvalue weighted by Crippen LogP contribution is 2.33. The Kier molecular flexibility index (Phi) is 7.76. The van der Waals surface area contributed by atoms with E-state index in [0.717, 1.165) is 29.0 Å². The molecule has 1 saturated heterocycles. The number of benzene rings is 1. The molecule has 220 valence electrons. The Morgan fingerprint density at radius 1 is 1.19 bits per heavy atom. The number of carbonyl (C=O) groups excluding carboxylic acids is 1. The number of carbonyl (C=O) groups is 1. The van der Waals surface area contributed by atoms with Crippen LogP contribution in [0.25, 0.3) is 28.0 Å². The van der Waals surface area contributed by atoms with Crippen molar-refractivity contribution < 1.29 is 22.0 Å². The lowest BCUT2D eigenvalue weighted by atomic mass is 10.1. The number of rotatable bonds is 6. The van der Waals surface area contributed by atoms with Crippen LogP contribution in [0.4, 0.5) is 14.6 Å². The number of fused-ring (bicyclic) bond motifs is 1. The molecule has 1 aliphatic heterocycles. The molecule has 1 unspecified atom stereocenters. The number of aromatic nitrogens is 4. The van der Waals surface area contributed by atoms with E-state index in [1.807, 2.05) is 0 Å². The fraction of sp³-hybridized carbons (Fsp3) is 0.241. The molecular weight excluding hydrogens is 580 g/mol. The number of aryl methyl sites for hydroxylation is 1. The second-order valence-corrected chi connectivity index (χ2v) is 11.9. The predicted molar refractivity (Wildman–Crippen MR) is 154 cm³/mol. The molecule has 14 heteroatoms. The normalized spacial score (nSPS) is 15.4. The molecule has 0 bridgehead atoms. The number of hydrogen-bond acceptors (Lipinski definition) is 9. The number of nitrogens with zero attached hydrogens (tertiary/aromatic N) is 7. The minimum absolute atomic E-state index is 0.0128. The molecule has 1 aromatic carbocycles. The Bertz CT molecular complexity index is 2010. The molecule has 4 aromatic rings.